The molecule has 1 aromatic heterocycles. The van der Waals surface area contributed by atoms with E-state index in [9.17, 15) is 9.59 Å². The van der Waals surface area contributed by atoms with Gasteiger partial charge in [-0.3, -0.25) is 4.79 Å². The summed E-state index contributed by atoms with van der Waals surface area (Å²) in [4.78, 5) is 24.0. The van der Waals surface area contributed by atoms with Crippen LogP contribution in [0.4, 0.5) is 11.4 Å². The summed E-state index contributed by atoms with van der Waals surface area (Å²) in [6, 6.07) is 6.24. The topological polar surface area (TPSA) is 81.4 Å². The van der Waals surface area contributed by atoms with E-state index >= 15 is 0 Å². The van der Waals surface area contributed by atoms with Crippen LogP contribution in [-0.2, 0) is 4.74 Å². The van der Waals surface area contributed by atoms with Gasteiger partial charge in [0, 0.05) is 5.69 Å². The number of hydrogen-bond donors (Lipinski definition) is 2. The first-order valence-electron chi connectivity index (χ1n) is 5.55. The van der Waals surface area contributed by atoms with Crippen LogP contribution in [0.3, 0.4) is 0 Å². The zero-order valence-electron chi connectivity index (χ0n) is 10.5. The molecule has 0 saturated heterocycles. The second-order valence-corrected chi connectivity index (χ2v) is 5.17. The molecular weight excluding hydrogens is 300 g/mol. The molecule has 104 valence electrons. The molecule has 1 heterocycles. The van der Waals surface area contributed by atoms with Crippen LogP contribution in [0.5, 0.6) is 0 Å². The van der Waals surface area contributed by atoms with Gasteiger partial charge in [-0.05, 0) is 29.6 Å². The van der Waals surface area contributed by atoms with Crippen molar-refractivity contribution >= 4 is 46.2 Å². The molecule has 0 aliphatic carbocycles. The average molecular weight is 311 g/mol. The van der Waals surface area contributed by atoms with Crippen LogP contribution in [0.15, 0.2) is 29.6 Å². The fraction of sp³-hybridized carbons (Fsp3) is 0.0769. The van der Waals surface area contributed by atoms with Gasteiger partial charge in [-0.25, -0.2) is 4.79 Å². The third kappa shape index (κ3) is 2.92. The second-order valence-electron chi connectivity index (χ2n) is 3.85. The Morgan fingerprint density at radius 2 is 2.10 bits per heavy atom. The molecule has 0 radical (unpaired) electrons. The summed E-state index contributed by atoms with van der Waals surface area (Å²) in [7, 11) is 1.28. The quantitative estimate of drug-likeness (QED) is 0.674. The van der Waals surface area contributed by atoms with Gasteiger partial charge in [-0.15, -0.1) is 11.3 Å². The molecule has 0 aliphatic heterocycles. The van der Waals surface area contributed by atoms with Crippen molar-refractivity contribution in [2.24, 2.45) is 0 Å². The molecule has 0 aliphatic rings. The SMILES string of the molecule is COC(=O)c1sccc1NC(=O)c1cc(N)ccc1Cl. The van der Waals surface area contributed by atoms with Crippen molar-refractivity contribution in [2.45, 2.75) is 0 Å². The number of carbonyl (C=O) groups is 2. The number of thiophene rings is 1. The van der Waals surface area contributed by atoms with Crippen molar-refractivity contribution in [3.63, 3.8) is 0 Å². The van der Waals surface area contributed by atoms with E-state index in [0.29, 0.717) is 16.3 Å². The summed E-state index contributed by atoms with van der Waals surface area (Å²) < 4.78 is 4.64. The highest BCUT2D eigenvalue weighted by Gasteiger charge is 2.17. The summed E-state index contributed by atoms with van der Waals surface area (Å²) in [5.74, 6) is -0.945. The summed E-state index contributed by atoms with van der Waals surface area (Å²) in [5.41, 5.74) is 6.68. The van der Waals surface area contributed by atoms with Gasteiger partial charge >= 0.3 is 5.97 Å². The number of anilines is 2. The number of nitrogen functional groups attached to an aromatic ring is 1. The van der Waals surface area contributed by atoms with Crippen LogP contribution in [-0.4, -0.2) is 19.0 Å². The van der Waals surface area contributed by atoms with E-state index in [1.54, 1.807) is 23.6 Å². The Kier molecular flexibility index (Phi) is 4.26. The Balaban J connectivity index is 2.26. The normalized spacial score (nSPS) is 10.1. The lowest BCUT2D eigenvalue weighted by Gasteiger charge is -2.07. The number of nitrogens with one attached hydrogen (secondary N) is 1. The minimum absolute atomic E-state index is 0.244. The van der Waals surface area contributed by atoms with E-state index in [4.69, 9.17) is 17.3 Å². The first-order valence-corrected chi connectivity index (χ1v) is 6.81. The van der Waals surface area contributed by atoms with Crippen molar-refractivity contribution in [1.29, 1.82) is 0 Å². The molecule has 5 nitrogen and oxygen atoms in total. The maximum absolute atomic E-state index is 12.1. The third-order valence-corrected chi connectivity index (χ3v) is 3.74. The van der Waals surface area contributed by atoms with Crippen LogP contribution < -0.4 is 11.1 Å². The highest BCUT2D eigenvalue weighted by molar-refractivity contribution is 7.12. The molecule has 2 rings (SSSR count). The fourth-order valence-electron chi connectivity index (χ4n) is 1.57. The molecule has 3 N–H and O–H groups in total. The van der Waals surface area contributed by atoms with E-state index in [1.165, 1.54) is 24.5 Å². The first kappa shape index (κ1) is 14.4. The number of methoxy groups -OCH3 is 1. The van der Waals surface area contributed by atoms with Crippen molar-refractivity contribution in [3.05, 3.63) is 45.1 Å². The number of carbonyl (C=O) groups excluding carboxylic acids is 2. The zero-order chi connectivity index (χ0) is 14.7. The Hall–Kier alpha value is -2.05. The number of rotatable bonds is 3. The van der Waals surface area contributed by atoms with Gasteiger partial charge in [-0.1, -0.05) is 11.6 Å². The van der Waals surface area contributed by atoms with Crippen LogP contribution in [0, 0.1) is 0 Å². The number of esters is 1. The van der Waals surface area contributed by atoms with Gasteiger partial charge in [0.05, 0.1) is 23.4 Å². The van der Waals surface area contributed by atoms with Crippen LogP contribution in [0.2, 0.25) is 5.02 Å². The van der Waals surface area contributed by atoms with Gasteiger partial charge in [0.1, 0.15) is 4.88 Å². The van der Waals surface area contributed by atoms with Gasteiger partial charge < -0.3 is 15.8 Å². The smallest absolute Gasteiger partial charge is 0.350 e. The first-order chi connectivity index (χ1) is 9.52. The Labute approximate surface area is 124 Å². The molecular formula is C13H11ClN2O3S. The van der Waals surface area contributed by atoms with E-state index < -0.39 is 11.9 Å². The van der Waals surface area contributed by atoms with E-state index in [1.807, 2.05) is 0 Å². The minimum atomic E-state index is -0.506. The summed E-state index contributed by atoms with van der Waals surface area (Å²) in [5, 5.41) is 4.59. The standard InChI is InChI=1S/C13H11ClN2O3S/c1-19-13(18)11-10(4-5-20-11)16-12(17)8-6-7(15)2-3-9(8)14/h2-6H,15H2,1H3,(H,16,17). The van der Waals surface area contributed by atoms with Gasteiger partial charge in [0.25, 0.3) is 5.91 Å². The predicted molar refractivity (Wildman–Crippen MR) is 79.5 cm³/mol. The van der Waals surface area contributed by atoms with Crippen molar-refractivity contribution in [3.8, 4) is 0 Å². The number of hydrogen-bond acceptors (Lipinski definition) is 5. The lowest BCUT2D eigenvalue weighted by atomic mass is 10.2. The van der Waals surface area contributed by atoms with Crippen LogP contribution in [0.25, 0.3) is 0 Å². The second kappa shape index (κ2) is 5.94. The summed E-state index contributed by atoms with van der Waals surface area (Å²) in [6.07, 6.45) is 0. The number of amides is 1. The lowest BCUT2D eigenvalue weighted by Crippen LogP contribution is -2.14. The molecule has 0 unspecified atom stereocenters. The van der Waals surface area contributed by atoms with E-state index in [2.05, 4.69) is 10.1 Å². The van der Waals surface area contributed by atoms with Gasteiger partial charge in [0.15, 0.2) is 0 Å². The zero-order valence-corrected chi connectivity index (χ0v) is 12.0. The number of nitrogens with two attached hydrogens (primary N) is 1. The molecule has 7 heteroatoms. The highest BCUT2D eigenvalue weighted by Crippen LogP contribution is 2.25. The van der Waals surface area contributed by atoms with Crippen LogP contribution in [0.1, 0.15) is 20.0 Å². The Bertz CT molecular complexity index is 669. The summed E-state index contributed by atoms with van der Waals surface area (Å²) in [6.45, 7) is 0. The molecule has 1 amide bonds. The fourth-order valence-corrected chi connectivity index (χ4v) is 2.53. The minimum Gasteiger partial charge on any atom is -0.465 e. The molecule has 0 fully saturated rings. The predicted octanol–water partition coefficient (Wildman–Crippen LogP) is 3.02. The van der Waals surface area contributed by atoms with Crippen molar-refractivity contribution < 1.29 is 14.3 Å². The number of benzene rings is 1. The van der Waals surface area contributed by atoms with E-state index in [0.717, 1.165) is 0 Å². The lowest BCUT2D eigenvalue weighted by molar-refractivity contribution is 0.0607. The maximum Gasteiger partial charge on any atom is 0.350 e. The molecule has 0 saturated carbocycles. The maximum atomic E-state index is 12.1. The summed E-state index contributed by atoms with van der Waals surface area (Å²) >= 11 is 7.14. The largest absolute Gasteiger partial charge is 0.465 e. The van der Waals surface area contributed by atoms with E-state index in [-0.39, 0.29) is 10.6 Å². The number of halogens is 1. The molecule has 0 bridgehead atoms. The Morgan fingerprint density at radius 3 is 2.80 bits per heavy atom. The molecule has 0 atom stereocenters. The van der Waals surface area contributed by atoms with Crippen LogP contribution >= 0.6 is 22.9 Å². The molecule has 2 aromatic rings. The average Bonchev–Trinajstić information content (AvgIpc) is 2.88. The van der Waals surface area contributed by atoms with Gasteiger partial charge in [0.2, 0.25) is 0 Å². The Morgan fingerprint density at radius 1 is 1.35 bits per heavy atom. The van der Waals surface area contributed by atoms with Crippen molar-refractivity contribution in [1.82, 2.24) is 0 Å². The van der Waals surface area contributed by atoms with Gasteiger partial charge in [-0.2, -0.15) is 0 Å². The molecule has 0 spiro atoms. The number of ether oxygens (including phenoxy) is 1. The monoisotopic (exact) mass is 310 g/mol. The highest BCUT2D eigenvalue weighted by atomic mass is 35.5. The third-order valence-electron chi connectivity index (χ3n) is 2.52. The molecule has 20 heavy (non-hydrogen) atoms. The van der Waals surface area contributed by atoms with Crippen molar-refractivity contribution in [2.75, 3.05) is 18.2 Å². The molecule has 1 aromatic carbocycles.